The summed E-state index contributed by atoms with van der Waals surface area (Å²) in [5.41, 5.74) is -0.593. The number of aromatic carboxylic acids is 1. The van der Waals surface area contributed by atoms with Crippen molar-refractivity contribution in [3.63, 3.8) is 0 Å². The number of carboxylic acids is 1. The van der Waals surface area contributed by atoms with Crippen LogP contribution in [0.15, 0.2) is 29.1 Å². The Hall–Kier alpha value is -2.70. The predicted octanol–water partition coefficient (Wildman–Crippen LogP) is 0.573. The van der Waals surface area contributed by atoms with Gasteiger partial charge >= 0.3 is 5.97 Å². The third-order valence-corrected chi connectivity index (χ3v) is 3.11. The van der Waals surface area contributed by atoms with Gasteiger partial charge in [0.1, 0.15) is 0 Å². The van der Waals surface area contributed by atoms with E-state index in [4.69, 9.17) is 0 Å². The second-order valence-corrected chi connectivity index (χ2v) is 4.77. The Morgan fingerprint density at radius 3 is 2.43 bits per heavy atom. The Balaban J connectivity index is 2.50. The maximum Gasteiger partial charge on any atom is 0.357 e. The summed E-state index contributed by atoms with van der Waals surface area (Å²) in [4.78, 5) is 36.5. The van der Waals surface area contributed by atoms with E-state index >= 15 is 0 Å². The molecule has 2 rings (SSSR count). The molecule has 0 fully saturated rings. The third-order valence-electron chi connectivity index (χ3n) is 3.11. The van der Waals surface area contributed by atoms with Gasteiger partial charge in [-0.3, -0.25) is 9.59 Å². The molecule has 0 radical (unpaired) electrons. The molecule has 0 aliphatic rings. The highest BCUT2D eigenvalue weighted by molar-refractivity contribution is 6.01. The van der Waals surface area contributed by atoms with E-state index in [9.17, 15) is 19.5 Å². The van der Waals surface area contributed by atoms with Gasteiger partial charge in [-0.05, 0) is 6.07 Å². The number of aryl methyl sites for hydroxylation is 1. The van der Waals surface area contributed by atoms with Crippen molar-refractivity contribution >= 4 is 22.6 Å². The average Bonchev–Trinajstić information content (AvgIpc) is 2.46. The Kier molecular flexibility index (Phi) is 4.02. The molecule has 0 spiro atoms. The summed E-state index contributed by atoms with van der Waals surface area (Å²) in [6.07, 6.45) is 0.0807. The van der Waals surface area contributed by atoms with E-state index in [1.807, 2.05) is 0 Å². The lowest BCUT2D eigenvalue weighted by atomic mass is 10.1. The number of carboxylic acid groups (broad SMARTS) is 1. The highest BCUT2D eigenvalue weighted by Crippen LogP contribution is 2.13. The molecule has 7 nitrogen and oxygen atoms in total. The Morgan fingerprint density at radius 2 is 1.86 bits per heavy atom. The summed E-state index contributed by atoms with van der Waals surface area (Å²) in [6.45, 7) is 0.0426. The maximum absolute atomic E-state index is 12.3. The van der Waals surface area contributed by atoms with E-state index in [1.54, 1.807) is 38.4 Å². The van der Waals surface area contributed by atoms with Gasteiger partial charge in [-0.15, -0.1) is 0 Å². The molecule has 1 heterocycles. The molecular weight excluding hydrogens is 274 g/mol. The minimum Gasteiger partial charge on any atom is -0.476 e. The van der Waals surface area contributed by atoms with Crippen LogP contribution in [-0.4, -0.2) is 45.8 Å². The van der Waals surface area contributed by atoms with E-state index in [1.165, 1.54) is 4.90 Å². The van der Waals surface area contributed by atoms with E-state index in [0.29, 0.717) is 5.39 Å². The van der Waals surface area contributed by atoms with E-state index in [2.05, 4.69) is 5.10 Å². The van der Waals surface area contributed by atoms with Gasteiger partial charge in [0.05, 0.1) is 11.9 Å². The molecule has 7 heteroatoms. The fourth-order valence-electron chi connectivity index (χ4n) is 1.97. The fraction of sp³-hybridized carbons (Fsp3) is 0.286. The van der Waals surface area contributed by atoms with Gasteiger partial charge in [-0.2, -0.15) is 5.10 Å². The SMILES string of the molecule is CN(C)C(=O)CCn1nc(C(=O)O)c2ccccc2c1=O. The number of hydrogen-bond acceptors (Lipinski definition) is 4. The van der Waals surface area contributed by atoms with Crippen molar-refractivity contribution in [2.24, 2.45) is 0 Å². The van der Waals surface area contributed by atoms with Crippen LogP contribution in [0.5, 0.6) is 0 Å². The van der Waals surface area contributed by atoms with Gasteiger partial charge < -0.3 is 10.0 Å². The molecule has 21 heavy (non-hydrogen) atoms. The highest BCUT2D eigenvalue weighted by atomic mass is 16.4. The first-order chi connectivity index (χ1) is 9.91. The zero-order valence-electron chi connectivity index (χ0n) is 11.7. The Bertz CT molecular complexity index is 764. The van der Waals surface area contributed by atoms with Gasteiger partial charge in [0, 0.05) is 25.9 Å². The highest BCUT2D eigenvalue weighted by Gasteiger charge is 2.16. The first kappa shape index (κ1) is 14.7. The Labute approximate surface area is 120 Å². The average molecular weight is 289 g/mol. The van der Waals surface area contributed by atoms with E-state index in [0.717, 1.165) is 4.68 Å². The molecule has 0 atom stereocenters. The predicted molar refractivity (Wildman–Crippen MR) is 76.3 cm³/mol. The van der Waals surface area contributed by atoms with Crippen LogP contribution in [0.25, 0.3) is 10.8 Å². The molecule has 1 aromatic carbocycles. The number of aromatic nitrogens is 2. The smallest absolute Gasteiger partial charge is 0.357 e. The molecule has 0 saturated carbocycles. The van der Waals surface area contributed by atoms with Crippen LogP contribution < -0.4 is 5.56 Å². The molecule has 0 aliphatic carbocycles. The van der Waals surface area contributed by atoms with Crippen molar-refractivity contribution in [3.8, 4) is 0 Å². The van der Waals surface area contributed by atoms with Crippen molar-refractivity contribution < 1.29 is 14.7 Å². The van der Waals surface area contributed by atoms with Crippen LogP contribution in [0.4, 0.5) is 0 Å². The standard InChI is InChI=1S/C14H15N3O4/c1-16(2)11(18)7-8-17-13(19)10-6-4-3-5-9(10)12(15-17)14(20)21/h3-6H,7-8H2,1-2H3,(H,20,21). The molecule has 0 unspecified atom stereocenters. The molecule has 0 saturated heterocycles. The van der Waals surface area contributed by atoms with Gasteiger partial charge in [0.15, 0.2) is 5.69 Å². The minimum absolute atomic E-state index is 0.0426. The van der Waals surface area contributed by atoms with Crippen molar-refractivity contribution in [2.45, 2.75) is 13.0 Å². The number of fused-ring (bicyclic) bond motifs is 1. The van der Waals surface area contributed by atoms with Crippen LogP contribution in [0.3, 0.4) is 0 Å². The number of benzene rings is 1. The molecule has 0 aliphatic heterocycles. The largest absolute Gasteiger partial charge is 0.476 e. The molecule has 110 valence electrons. The summed E-state index contributed by atoms with van der Waals surface area (Å²) in [6, 6.07) is 6.40. The second-order valence-electron chi connectivity index (χ2n) is 4.77. The summed E-state index contributed by atoms with van der Waals surface area (Å²) in [5.74, 6) is -1.37. The maximum atomic E-state index is 12.3. The molecule has 1 amide bonds. The summed E-state index contributed by atoms with van der Waals surface area (Å²) in [7, 11) is 3.23. The van der Waals surface area contributed by atoms with Gasteiger partial charge in [0.2, 0.25) is 5.91 Å². The number of carbonyl (C=O) groups excluding carboxylic acids is 1. The molecular formula is C14H15N3O4. The number of hydrogen-bond donors (Lipinski definition) is 1. The number of amides is 1. The zero-order chi connectivity index (χ0) is 15.6. The normalized spacial score (nSPS) is 10.6. The van der Waals surface area contributed by atoms with Crippen molar-refractivity contribution in [2.75, 3.05) is 14.1 Å². The van der Waals surface area contributed by atoms with E-state index < -0.39 is 11.5 Å². The topological polar surface area (TPSA) is 92.5 Å². The van der Waals surface area contributed by atoms with Crippen LogP contribution in [-0.2, 0) is 11.3 Å². The van der Waals surface area contributed by atoms with Crippen LogP contribution >= 0.6 is 0 Å². The quantitative estimate of drug-likeness (QED) is 0.888. The summed E-state index contributed by atoms with van der Waals surface area (Å²) >= 11 is 0. The third kappa shape index (κ3) is 2.91. The number of nitrogens with zero attached hydrogens (tertiary/aromatic N) is 3. The fourth-order valence-corrected chi connectivity index (χ4v) is 1.97. The minimum atomic E-state index is -1.21. The molecule has 0 bridgehead atoms. The monoisotopic (exact) mass is 289 g/mol. The first-order valence-electron chi connectivity index (χ1n) is 6.35. The molecule has 2 aromatic rings. The first-order valence-corrected chi connectivity index (χ1v) is 6.35. The van der Waals surface area contributed by atoms with Gasteiger partial charge in [-0.1, -0.05) is 18.2 Å². The van der Waals surface area contributed by atoms with Gasteiger partial charge in [-0.25, -0.2) is 9.48 Å². The summed E-state index contributed by atoms with van der Waals surface area (Å²) in [5, 5.41) is 13.7. The molecule has 1 N–H and O–H groups in total. The Morgan fingerprint density at radius 1 is 1.24 bits per heavy atom. The van der Waals surface area contributed by atoms with Crippen LogP contribution in [0.1, 0.15) is 16.9 Å². The lowest BCUT2D eigenvalue weighted by Crippen LogP contribution is -2.29. The second kappa shape index (κ2) is 5.74. The van der Waals surface area contributed by atoms with Crippen LogP contribution in [0, 0.1) is 0 Å². The lowest BCUT2D eigenvalue weighted by Gasteiger charge is -2.11. The summed E-state index contributed by atoms with van der Waals surface area (Å²) < 4.78 is 1.03. The van der Waals surface area contributed by atoms with Crippen molar-refractivity contribution in [1.82, 2.24) is 14.7 Å². The van der Waals surface area contributed by atoms with Gasteiger partial charge in [0.25, 0.3) is 5.56 Å². The zero-order valence-corrected chi connectivity index (χ0v) is 11.7. The van der Waals surface area contributed by atoms with E-state index in [-0.39, 0.29) is 30.0 Å². The number of carbonyl (C=O) groups is 2. The lowest BCUT2D eigenvalue weighted by molar-refractivity contribution is -0.128. The number of rotatable bonds is 4. The van der Waals surface area contributed by atoms with Crippen molar-refractivity contribution in [3.05, 3.63) is 40.3 Å². The van der Waals surface area contributed by atoms with Crippen molar-refractivity contribution in [1.29, 1.82) is 0 Å². The van der Waals surface area contributed by atoms with Crippen LogP contribution in [0.2, 0.25) is 0 Å². The molecule has 1 aromatic heterocycles.